The zero-order valence-electron chi connectivity index (χ0n) is 15.7. The summed E-state index contributed by atoms with van der Waals surface area (Å²) in [6.07, 6.45) is 1.60. The van der Waals surface area contributed by atoms with Crippen LogP contribution in [0.15, 0.2) is 54.6 Å². The van der Waals surface area contributed by atoms with Gasteiger partial charge in [-0.3, -0.25) is 4.79 Å². The molecule has 2 aromatic rings. The van der Waals surface area contributed by atoms with Crippen LogP contribution >= 0.6 is 0 Å². The van der Waals surface area contributed by atoms with Crippen LogP contribution in [0.2, 0.25) is 0 Å². The minimum absolute atomic E-state index is 0.348. The summed E-state index contributed by atoms with van der Waals surface area (Å²) in [6.45, 7) is 6.89. The Morgan fingerprint density at radius 2 is 1.88 bits per heavy atom. The van der Waals surface area contributed by atoms with Gasteiger partial charge in [-0.15, -0.1) is 5.92 Å². The molecule has 2 aromatic carbocycles. The van der Waals surface area contributed by atoms with E-state index >= 15 is 0 Å². The fraction of sp³-hybridized carbons (Fsp3) is 0.261. The minimum Gasteiger partial charge on any atom is -0.488 e. The van der Waals surface area contributed by atoms with Gasteiger partial charge in [-0.05, 0) is 51.0 Å². The molecule has 26 heavy (non-hydrogen) atoms. The largest absolute Gasteiger partial charge is 0.488 e. The van der Waals surface area contributed by atoms with Gasteiger partial charge in [-0.25, -0.2) is 0 Å². The highest BCUT2D eigenvalue weighted by atomic mass is 16.5. The average molecular weight is 348 g/mol. The highest BCUT2D eigenvalue weighted by Gasteiger charge is 2.34. The van der Waals surface area contributed by atoms with E-state index in [1.807, 2.05) is 55.5 Å². The van der Waals surface area contributed by atoms with Crippen molar-refractivity contribution in [3.8, 4) is 17.6 Å². The molecule has 0 fully saturated rings. The van der Waals surface area contributed by atoms with Gasteiger partial charge in [0.1, 0.15) is 18.0 Å². The molecule has 0 bridgehead atoms. The fourth-order valence-corrected chi connectivity index (χ4v) is 2.63. The maximum absolute atomic E-state index is 12.1. The number of rotatable bonds is 6. The molecule has 0 spiro atoms. The molecule has 0 heterocycles. The number of benzene rings is 2. The number of carbonyl (C=O) groups excluding carboxylic acids is 1. The third kappa shape index (κ3) is 4.41. The van der Waals surface area contributed by atoms with E-state index in [1.165, 1.54) is 13.8 Å². The maximum atomic E-state index is 12.1. The highest BCUT2D eigenvalue weighted by molar-refractivity contribution is 6.00. The van der Waals surface area contributed by atoms with E-state index in [1.54, 1.807) is 13.0 Å². The highest BCUT2D eigenvalue weighted by Crippen LogP contribution is 2.37. The van der Waals surface area contributed by atoms with Gasteiger partial charge >= 0.3 is 0 Å². The molecular weight excluding hydrogens is 324 g/mol. The Bertz CT molecular complexity index is 865. The monoisotopic (exact) mass is 348 g/mol. The average Bonchev–Trinajstić information content (AvgIpc) is 2.62. The number of carbonyl (C=O) groups is 1. The van der Waals surface area contributed by atoms with Crippen molar-refractivity contribution >= 4 is 11.4 Å². The zero-order chi connectivity index (χ0) is 19.2. The summed E-state index contributed by atoms with van der Waals surface area (Å²) in [7, 11) is 0. The fourth-order valence-electron chi connectivity index (χ4n) is 2.63. The van der Waals surface area contributed by atoms with Gasteiger partial charge in [0.25, 0.3) is 0 Å². The number of Topliss-reactive ketones (excluding diaryl/α,β-unsaturated/α-hetero) is 1. The van der Waals surface area contributed by atoms with E-state index in [2.05, 4.69) is 11.8 Å². The van der Waals surface area contributed by atoms with E-state index in [0.717, 1.165) is 11.1 Å². The first-order chi connectivity index (χ1) is 12.4. The lowest BCUT2D eigenvalue weighted by atomic mass is 9.84. The van der Waals surface area contributed by atoms with Crippen LogP contribution in [-0.2, 0) is 11.4 Å². The molecule has 0 aliphatic carbocycles. The smallest absolute Gasteiger partial charge is 0.165 e. The Morgan fingerprint density at radius 1 is 1.19 bits per heavy atom. The van der Waals surface area contributed by atoms with Crippen LogP contribution in [0, 0.1) is 18.8 Å². The molecule has 1 N–H and O–H groups in total. The van der Waals surface area contributed by atoms with Crippen LogP contribution < -0.4 is 4.74 Å². The molecule has 0 amide bonds. The molecule has 0 aliphatic heterocycles. The molecule has 1 unspecified atom stereocenters. The predicted octanol–water partition coefficient (Wildman–Crippen LogP) is 4.32. The van der Waals surface area contributed by atoms with Crippen molar-refractivity contribution in [3.63, 3.8) is 0 Å². The minimum atomic E-state index is -1.65. The standard InChI is InChI=1S/C23H24O3/c1-5-6-14-20(23(4,25)18(3)24)22-17(2)11-10-15-21(22)26-16-19-12-8-7-9-13-19/h7-15,25H,16H2,1-4H3/b20-14+. The number of ether oxygens (including phenoxy) is 1. The summed E-state index contributed by atoms with van der Waals surface area (Å²) in [5.41, 5.74) is 1.44. The number of hydrogen-bond donors (Lipinski definition) is 1. The van der Waals surface area contributed by atoms with Crippen molar-refractivity contribution in [1.82, 2.24) is 0 Å². The normalized spacial score (nSPS) is 13.3. The third-order valence-corrected chi connectivity index (χ3v) is 4.31. The molecule has 0 radical (unpaired) electrons. The quantitative estimate of drug-likeness (QED) is 0.791. The lowest BCUT2D eigenvalue weighted by Crippen LogP contribution is -2.35. The second-order valence-electron chi connectivity index (χ2n) is 6.30. The molecular formula is C23H24O3. The predicted molar refractivity (Wildman–Crippen MR) is 105 cm³/mol. The summed E-state index contributed by atoms with van der Waals surface area (Å²) >= 11 is 0. The molecule has 3 heteroatoms. The number of allylic oxidation sites excluding steroid dienone is 1. The summed E-state index contributed by atoms with van der Waals surface area (Å²) in [4.78, 5) is 12.1. The first-order valence-electron chi connectivity index (χ1n) is 8.51. The number of hydrogen-bond acceptors (Lipinski definition) is 3. The van der Waals surface area contributed by atoms with E-state index in [-0.39, 0.29) is 5.78 Å². The van der Waals surface area contributed by atoms with E-state index in [0.29, 0.717) is 23.5 Å². The van der Waals surface area contributed by atoms with Gasteiger partial charge in [-0.2, -0.15) is 0 Å². The Kier molecular flexibility index (Phi) is 6.38. The Balaban J connectivity index is 2.51. The van der Waals surface area contributed by atoms with Crippen molar-refractivity contribution < 1.29 is 14.6 Å². The number of ketones is 1. The lowest BCUT2D eigenvalue weighted by Gasteiger charge is -2.26. The second kappa shape index (κ2) is 8.51. The van der Waals surface area contributed by atoms with Gasteiger partial charge < -0.3 is 9.84 Å². The van der Waals surface area contributed by atoms with Gasteiger partial charge in [0.2, 0.25) is 0 Å². The number of aryl methyl sites for hydroxylation is 1. The van der Waals surface area contributed by atoms with Crippen molar-refractivity contribution in [2.24, 2.45) is 0 Å². The molecule has 134 valence electrons. The lowest BCUT2D eigenvalue weighted by molar-refractivity contribution is -0.128. The molecule has 1 atom stereocenters. The van der Waals surface area contributed by atoms with Crippen LogP contribution in [0.1, 0.15) is 37.5 Å². The summed E-state index contributed by atoms with van der Waals surface area (Å²) in [5.74, 6) is 5.90. The van der Waals surface area contributed by atoms with Crippen molar-refractivity contribution in [1.29, 1.82) is 0 Å². The Morgan fingerprint density at radius 3 is 2.50 bits per heavy atom. The SMILES string of the molecule is CC#C/C=C(\c1c(C)cccc1OCc1ccccc1)C(C)(O)C(C)=O. The van der Waals surface area contributed by atoms with Crippen LogP contribution in [0.5, 0.6) is 5.75 Å². The molecule has 0 aromatic heterocycles. The van der Waals surface area contributed by atoms with Crippen LogP contribution in [-0.4, -0.2) is 16.5 Å². The van der Waals surface area contributed by atoms with Crippen molar-refractivity contribution in [2.45, 2.75) is 39.9 Å². The first kappa shape index (κ1) is 19.5. The van der Waals surface area contributed by atoms with Gasteiger partial charge in [0, 0.05) is 11.1 Å². The molecule has 3 nitrogen and oxygen atoms in total. The third-order valence-electron chi connectivity index (χ3n) is 4.31. The first-order valence-corrected chi connectivity index (χ1v) is 8.51. The van der Waals surface area contributed by atoms with E-state index in [9.17, 15) is 9.90 Å². The van der Waals surface area contributed by atoms with Gasteiger partial charge in [-0.1, -0.05) is 48.4 Å². The van der Waals surface area contributed by atoms with Crippen molar-refractivity contribution in [2.75, 3.05) is 0 Å². The van der Waals surface area contributed by atoms with E-state index < -0.39 is 5.60 Å². The van der Waals surface area contributed by atoms with E-state index in [4.69, 9.17) is 4.74 Å². The maximum Gasteiger partial charge on any atom is 0.165 e. The van der Waals surface area contributed by atoms with Crippen LogP contribution in [0.3, 0.4) is 0 Å². The molecule has 2 rings (SSSR count). The Hall–Kier alpha value is -2.83. The summed E-state index contributed by atoms with van der Waals surface area (Å²) < 4.78 is 6.03. The van der Waals surface area contributed by atoms with Gasteiger partial charge in [0.15, 0.2) is 5.78 Å². The second-order valence-corrected chi connectivity index (χ2v) is 6.30. The topological polar surface area (TPSA) is 46.5 Å². The van der Waals surface area contributed by atoms with Crippen molar-refractivity contribution in [3.05, 3.63) is 71.3 Å². The molecule has 0 saturated carbocycles. The molecule has 0 saturated heterocycles. The summed E-state index contributed by atoms with van der Waals surface area (Å²) in [5, 5.41) is 10.8. The van der Waals surface area contributed by atoms with Crippen LogP contribution in [0.4, 0.5) is 0 Å². The number of aliphatic hydroxyl groups is 1. The van der Waals surface area contributed by atoms with Crippen LogP contribution in [0.25, 0.3) is 5.57 Å². The zero-order valence-corrected chi connectivity index (χ0v) is 15.7. The summed E-state index contributed by atoms with van der Waals surface area (Å²) in [6, 6.07) is 15.5. The molecule has 0 aliphatic rings. The van der Waals surface area contributed by atoms with Gasteiger partial charge in [0.05, 0.1) is 0 Å². The Labute approximate surface area is 155 Å².